The van der Waals surface area contributed by atoms with Crippen molar-refractivity contribution in [3.05, 3.63) is 42.6 Å². The summed E-state index contributed by atoms with van der Waals surface area (Å²) >= 11 is 0. The van der Waals surface area contributed by atoms with Gasteiger partial charge in [-0.2, -0.15) is 4.31 Å². The van der Waals surface area contributed by atoms with Crippen molar-refractivity contribution >= 4 is 42.4 Å². The molecule has 3 aliphatic rings. The number of nitrogens with one attached hydrogen (secondary N) is 1. The third kappa shape index (κ3) is 3.91. The number of benzene rings is 1. The second-order valence-electron chi connectivity index (χ2n) is 9.81. The van der Waals surface area contributed by atoms with E-state index in [0.29, 0.717) is 16.9 Å². The standard InChI is InChI=1S/C23H26FN5O4S2/c1-34(30,31)18-6-7-21(20(24)12-18)27-22-19-8-9-28(23(19)26-13-25-22)16-10-14-2-3-15(11-16)29(14)35(32,33)17-4-5-17/h6-9,12-17H,2-5,10-11H2,1H3,(H,25,26,27)/t14-,15-/m0/s1. The van der Waals surface area contributed by atoms with E-state index < -0.39 is 25.7 Å². The van der Waals surface area contributed by atoms with Crippen molar-refractivity contribution in [2.75, 3.05) is 11.6 Å². The molecule has 12 heteroatoms. The zero-order valence-electron chi connectivity index (χ0n) is 19.1. The molecule has 2 atom stereocenters. The first-order chi connectivity index (χ1) is 16.6. The first kappa shape index (κ1) is 22.9. The molecule has 3 fully saturated rings. The highest BCUT2D eigenvalue weighted by Crippen LogP contribution is 2.46. The van der Waals surface area contributed by atoms with Crippen LogP contribution in [0.5, 0.6) is 0 Å². The van der Waals surface area contributed by atoms with Crippen molar-refractivity contribution in [3.8, 4) is 0 Å². The topological polar surface area (TPSA) is 114 Å². The molecule has 1 aromatic carbocycles. The molecule has 9 nitrogen and oxygen atoms in total. The molecule has 0 spiro atoms. The number of anilines is 2. The molecule has 0 unspecified atom stereocenters. The molecule has 35 heavy (non-hydrogen) atoms. The highest BCUT2D eigenvalue weighted by Gasteiger charge is 2.51. The summed E-state index contributed by atoms with van der Waals surface area (Å²) in [5.74, 6) is -0.281. The number of sulfone groups is 1. The van der Waals surface area contributed by atoms with E-state index in [-0.39, 0.29) is 34.0 Å². The van der Waals surface area contributed by atoms with Crippen molar-refractivity contribution in [1.82, 2.24) is 18.8 Å². The SMILES string of the molecule is CS(=O)(=O)c1ccc(Nc2ncnc3c2ccn3C2C[C@@H]3CC[C@@H](C2)N3S(=O)(=O)C2CC2)c(F)c1. The number of fused-ring (bicyclic) bond motifs is 3. The molecule has 4 heterocycles. The maximum absolute atomic E-state index is 14.6. The van der Waals surface area contributed by atoms with E-state index in [1.54, 1.807) is 4.31 Å². The van der Waals surface area contributed by atoms with Gasteiger partial charge in [-0.15, -0.1) is 0 Å². The summed E-state index contributed by atoms with van der Waals surface area (Å²) in [6.45, 7) is 0. The molecule has 2 saturated heterocycles. The zero-order chi connectivity index (χ0) is 24.5. The van der Waals surface area contributed by atoms with Crippen molar-refractivity contribution in [2.45, 2.75) is 66.8 Å². The number of hydrogen-bond donors (Lipinski definition) is 1. The first-order valence-electron chi connectivity index (χ1n) is 11.7. The number of hydrogen-bond acceptors (Lipinski definition) is 7. The van der Waals surface area contributed by atoms with E-state index in [9.17, 15) is 21.2 Å². The van der Waals surface area contributed by atoms with E-state index in [2.05, 4.69) is 19.9 Å². The number of aromatic nitrogens is 3. The summed E-state index contributed by atoms with van der Waals surface area (Å²) in [7, 11) is -6.72. The number of nitrogens with zero attached hydrogens (tertiary/aromatic N) is 4. The van der Waals surface area contributed by atoms with Crippen LogP contribution in [-0.2, 0) is 19.9 Å². The predicted octanol–water partition coefficient (Wildman–Crippen LogP) is 3.38. The Kier molecular flexibility index (Phi) is 5.21. The van der Waals surface area contributed by atoms with Gasteiger partial charge in [-0.25, -0.2) is 31.2 Å². The Morgan fingerprint density at radius 3 is 2.31 bits per heavy atom. The van der Waals surface area contributed by atoms with Gasteiger partial charge in [0.2, 0.25) is 10.0 Å². The first-order valence-corrected chi connectivity index (χ1v) is 15.1. The van der Waals surface area contributed by atoms with Gasteiger partial charge >= 0.3 is 0 Å². The van der Waals surface area contributed by atoms with E-state index in [1.807, 2.05) is 12.3 Å². The molecule has 1 aliphatic carbocycles. The van der Waals surface area contributed by atoms with Gasteiger partial charge in [0.25, 0.3) is 0 Å². The van der Waals surface area contributed by atoms with Crippen LogP contribution in [0.25, 0.3) is 11.0 Å². The minimum absolute atomic E-state index is 0.0173. The smallest absolute Gasteiger partial charge is 0.217 e. The molecule has 6 rings (SSSR count). The maximum atomic E-state index is 14.6. The highest BCUT2D eigenvalue weighted by atomic mass is 32.2. The number of piperidine rings is 1. The lowest BCUT2D eigenvalue weighted by Crippen LogP contribution is -2.48. The molecular formula is C23H26FN5O4S2. The van der Waals surface area contributed by atoms with Gasteiger partial charge in [0.1, 0.15) is 23.6 Å². The Hall–Kier alpha value is -2.57. The molecule has 2 aromatic heterocycles. The molecule has 0 radical (unpaired) electrons. The molecule has 1 N–H and O–H groups in total. The summed E-state index contributed by atoms with van der Waals surface area (Å²) in [6.07, 6.45) is 9.16. The maximum Gasteiger partial charge on any atom is 0.217 e. The monoisotopic (exact) mass is 519 g/mol. The van der Waals surface area contributed by atoms with E-state index in [0.717, 1.165) is 50.8 Å². The Morgan fingerprint density at radius 2 is 1.69 bits per heavy atom. The largest absolute Gasteiger partial charge is 0.337 e. The van der Waals surface area contributed by atoms with Crippen LogP contribution < -0.4 is 5.32 Å². The van der Waals surface area contributed by atoms with Crippen LogP contribution in [0.4, 0.5) is 15.9 Å². The van der Waals surface area contributed by atoms with Crippen LogP contribution in [0.1, 0.15) is 44.6 Å². The lowest BCUT2D eigenvalue weighted by Gasteiger charge is -2.38. The average Bonchev–Trinajstić information content (AvgIpc) is 3.52. The summed E-state index contributed by atoms with van der Waals surface area (Å²) in [5, 5.41) is 3.48. The van der Waals surface area contributed by atoms with Crippen LogP contribution in [0, 0.1) is 5.82 Å². The van der Waals surface area contributed by atoms with Crippen molar-refractivity contribution in [1.29, 1.82) is 0 Å². The average molecular weight is 520 g/mol. The zero-order valence-corrected chi connectivity index (χ0v) is 20.8. The lowest BCUT2D eigenvalue weighted by atomic mass is 9.99. The third-order valence-electron chi connectivity index (χ3n) is 7.41. The molecule has 2 bridgehead atoms. The second kappa shape index (κ2) is 7.97. The Morgan fingerprint density at radius 1 is 0.971 bits per heavy atom. The van der Waals surface area contributed by atoms with Gasteiger partial charge in [-0.3, -0.25) is 0 Å². The molecule has 1 saturated carbocycles. The minimum atomic E-state index is -3.52. The van der Waals surface area contributed by atoms with Gasteiger partial charge in [0, 0.05) is 30.6 Å². The molecular weight excluding hydrogens is 493 g/mol. The van der Waals surface area contributed by atoms with Crippen molar-refractivity contribution in [2.24, 2.45) is 0 Å². The van der Waals surface area contributed by atoms with Crippen LogP contribution in [0.3, 0.4) is 0 Å². The van der Waals surface area contributed by atoms with Gasteiger partial charge < -0.3 is 9.88 Å². The fourth-order valence-corrected chi connectivity index (χ4v) is 8.53. The van der Waals surface area contributed by atoms with Gasteiger partial charge in [-0.1, -0.05) is 0 Å². The van der Waals surface area contributed by atoms with Crippen LogP contribution in [-0.4, -0.2) is 59.3 Å². The van der Waals surface area contributed by atoms with E-state index in [1.165, 1.54) is 18.5 Å². The minimum Gasteiger partial charge on any atom is -0.337 e. The Labute approximate surface area is 203 Å². The van der Waals surface area contributed by atoms with Gasteiger partial charge in [0.15, 0.2) is 9.84 Å². The normalized spacial score (nSPS) is 25.3. The Bertz CT molecular complexity index is 1520. The van der Waals surface area contributed by atoms with E-state index in [4.69, 9.17) is 0 Å². The molecule has 2 aliphatic heterocycles. The van der Waals surface area contributed by atoms with Crippen LogP contribution >= 0.6 is 0 Å². The lowest BCUT2D eigenvalue weighted by molar-refractivity contribution is 0.195. The highest BCUT2D eigenvalue weighted by molar-refractivity contribution is 7.90. The third-order valence-corrected chi connectivity index (χ3v) is 11.0. The fourth-order valence-electron chi connectivity index (χ4n) is 5.61. The number of sulfonamides is 1. The van der Waals surface area contributed by atoms with Crippen molar-refractivity contribution in [3.63, 3.8) is 0 Å². The fraction of sp³-hybridized carbons (Fsp3) is 0.478. The van der Waals surface area contributed by atoms with Gasteiger partial charge in [-0.05, 0) is 62.8 Å². The van der Waals surface area contributed by atoms with Crippen LogP contribution in [0.2, 0.25) is 0 Å². The molecule has 3 aromatic rings. The van der Waals surface area contributed by atoms with E-state index >= 15 is 0 Å². The quantitative estimate of drug-likeness (QED) is 0.531. The Balaban J connectivity index is 1.28. The summed E-state index contributed by atoms with van der Waals surface area (Å²) < 4.78 is 67.8. The number of rotatable bonds is 6. The van der Waals surface area contributed by atoms with Gasteiger partial charge in [0.05, 0.1) is 21.2 Å². The number of halogens is 1. The predicted molar refractivity (Wildman–Crippen MR) is 129 cm³/mol. The summed E-state index contributed by atoms with van der Waals surface area (Å²) in [5.41, 5.74) is 0.806. The summed E-state index contributed by atoms with van der Waals surface area (Å²) in [4.78, 5) is 8.66. The van der Waals surface area contributed by atoms with Crippen LogP contribution in [0.15, 0.2) is 41.7 Å². The molecule has 0 amide bonds. The second-order valence-corrected chi connectivity index (χ2v) is 13.9. The molecule has 186 valence electrons. The van der Waals surface area contributed by atoms with Crippen molar-refractivity contribution < 1.29 is 21.2 Å². The summed E-state index contributed by atoms with van der Waals surface area (Å²) in [6, 6.07) is 5.74.